The summed E-state index contributed by atoms with van der Waals surface area (Å²) >= 11 is 1.94. The molecule has 3 fully saturated rings. The van der Waals surface area contributed by atoms with Crippen molar-refractivity contribution in [3.8, 4) is 0 Å². The Bertz CT molecular complexity index is 2610. The summed E-state index contributed by atoms with van der Waals surface area (Å²) in [6.07, 6.45) is -3.83. The van der Waals surface area contributed by atoms with Crippen LogP contribution in [0.3, 0.4) is 0 Å². The van der Waals surface area contributed by atoms with Gasteiger partial charge in [0.25, 0.3) is 5.91 Å². The average Bonchev–Trinajstić information content (AvgIpc) is 4.05. The van der Waals surface area contributed by atoms with E-state index in [2.05, 4.69) is 20.8 Å². The number of hydrazine groups is 1. The highest BCUT2D eigenvalue weighted by atomic mass is 32.2. The maximum absolute atomic E-state index is 14.8. The number of nitrogens with zero attached hydrogens (tertiary/aromatic N) is 5. The molecular formula is C48H48N8O10S2. The topological polar surface area (TPSA) is 224 Å². The van der Waals surface area contributed by atoms with Gasteiger partial charge in [-0.15, -0.1) is 11.3 Å². The summed E-state index contributed by atoms with van der Waals surface area (Å²) in [7, 11) is 0. The first kappa shape index (κ1) is 47.2. The number of hydrogen-bond donors (Lipinski definition) is 3. The van der Waals surface area contributed by atoms with Gasteiger partial charge in [-0.1, -0.05) is 138 Å². The molecule has 0 radical (unpaired) electrons. The van der Waals surface area contributed by atoms with Gasteiger partial charge in [0.05, 0.1) is 13.1 Å². The summed E-state index contributed by atoms with van der Waals surface area (Å²) < 4.78 is 17.6. The first-order valence-electron chi connectivity index (χ1n) is 21.6. The van der Waals surface area contributed by atoms with Crippen molar-refractivity contribution in [2.45, 2.75) is 67.9 Å². The number of esters is 2. The van der Waals surface area contributed by atoms with Gasteiger partial charge in [0, 0.05) is 11.9 Å². The van der Waals surface area contributed by atoms with Crippen LogP contribution in [0.1, 0.15) is 67.9 Å². The summed E-state index contributed by atoms with van der Waals surface area (Å²) in [5.74, 6) is 2.94. The first-order valence-corrected chi connectivity index (χ1v) is 23.3. The maximum atomic E-state index is 14.8. The molecule has 3 aliphatic rings. The average molecular weight is 961 g/mol. The van der Waals surface area contributed by atoms with Crippen molar-refractivity contribution in [1.29, 1.82) is 0 Å². The number of rotatable bonds is 15. The van der Waals surface area contributed by atoms with Gasteiger partial charge in [-0.2, -0.15) is 0 Å². The standard InChI is InChI=1S/C48H48N8O10S2/c1-29(42(59)63-37(30-17-9-5-10-18-30)31-19-11-6-12-20-31)66-53-35(34-27-67-44(50-34)52-45(61)65-47(2,3)4)39(57)51-36-40(58)54-28-48(68-41(36)54,55-25-26-56(49)46(55)62)43(60)64-38(32-21-13-7-14-22-32)33-23-15-8-16-24-33/h5-24,27,29,36-38,41H,25-26,28,49H2,1-4H3,(H,51,57)(H,50,52,61)/b53-35-/t29-,36+,41+,48+/m0/s1. The summed E-state index contributed by atoms with van der Waals surface area (Å²) in [4.78, 5) is 94.0. The third-order valence-electron chi connectivity index (χ3n) is 11.0. The van der Waals surface area contributed by atoms with E-state index < -0.39 is 81.8 Å². The molecule has 20 heteroatoms. The predicted octanol–water partition coefficient (Wildman–Crippen LogP) is 5.97. The monoisotopic (exact) mass is 960 g/mol. The van der Waals surface area contributed by atoms with Crippen LogP contribution in [0.15, 0.2) is 132 Å². The fourth-order valence-corrected chi connectivity index (χ4v) is 10.0. The van der Waals surface area contributed by atoms with E-state index in [4.69, 9.17) is 24.9 Å². The Balaban J connectivity index is 1.05. The van der Waals surface area contributed by atoms with E-state index in [1.165, 1.54) is 22.1 Å². The molecule has 18 nitrogen and oxygen atoms in total. The molecule has 0 spiro atoms. The molecule has 4 heterocycles. The molecule has 0 aliphatic carbocycles. The number of hydrogen-bond acceptors (Lipinski definition) is 15. The maximum Gasteiger partial charge on any atom is 0.413 e. The van der Waals surface area contributed by atoms with E-state index in [-0.39, 0.29) is 30.5 Å². The summed E-state index contributed by atoms with van der Waals surface area (Å²) in [5, 5.41) is 10.9. The van der Waals surface area contributed by atoms with Crippen LogP contribution in [-0.2, 0) is 38.2 Å². The number of thioether (sulfide) groups is 1. The number of benzene rings is 4. The number of thiazole rings is 1. The molecule has 352 valence electrons. The molecule has 68 heavy (non-hydrogen) atoms. The first-order chi connectivity index (χ1) is 32.6. The summed E-state index contributed by atoms with van der Waals surface area (Å²) in [6, 6.07) is 34.6. The van der Waals surface area contributed by atoms with Gasteiger partial charge in [0.1, 0.15) is 22.7 Å². The van der Waals surface area contributed by atoms with Gasteiger partial charge in [0.15, 0.2) is 23.1 Å². The van der Waals surface area contributed by atoms with Crippen LogP contribution >= 0.6 is 23.1 Å². The fraction of sp³-hybridized carbons (Fsp3) is 0.292. The molecule has 0 unspecified atom stereocenters. The normalized spacial score (nSPS) is 19.6. The van der Waals surface area contributed by atoms with Crippen LogP contribution in [-0.4, -0.2) is 109 Å². The molecule has 0 bridgehead atoms. The van der Waals surface area contributed by atoms with Crippen LogP contribution in [0.5, 0.6) is 0 Å². The fourth-order valence-electron chi connectivity index (χ4n) is 7.68. The molecular weight excluding hydrogens is 913 g/mol. The number of carbonyl (C=O) groups is 6. The van der Waals surface area contributed by atoms with Crippen LogP contribution in [0, 0.1) is 0 Å². The number of anilines is 1. The lowest BCUT2D eigenvalue weighted by Gasteiger charge is -2.41. The second-order valence-electron chi connectivity index (χ2n) is 16.9. The lowest BCUT2D eigenvalue weighted by atomic mass is 10.0. The van der Waals surface area contributed by atoms with E-state index in [1.807, 2.05) is 121 Å². The van der Waals surface area contributed by atoms with E-state index in [1.54, 1.807) is 20.8 Å². The minimum atomic E-state index is -1.77. The van der Waals surface area contributed by atoms with E-state index >= 15 is 0 Å². The van der Waals surface area contributed by atoms with Crippen LogP contribution < -0.4 is 16.5 Å². The quantitative estimate of drug-likeness (QED) is 0.0209. The SMILES string of the molecule is C[C@H](O/N=C(\C(=O)N[C@@H]1C(=O)N2C[C@@](C(=O)OC(c3ccccc3)c3ccccc3)(N3CCN(N)C3=O)S[C@H]12)c1csc(NC(=O)OC(C)(C)C)n1)C(=O)OC(c1ccccc1)c1ccccc1. The third kappa shape index (κ3) is 10.2. The molecule has 4 N–H and O–H groups in total. The summed E-state index contributed by atoms with van der Waals surface area (Å²) in [5.41, 5.74) is 1.42. The van der Waals surface area contributed by atoms with Crippen molar-refractivity contribution < 1.29 is 47.8 Å². The second-order valence-corrected chi connectivity index (χ2v) is 19.2. The number of nitrogens with two attached hydrogens (primary N) is 1. The van der Waals surface area contributed by atoms with Gasteiger partial charge in [-0.3, -0.25) is 24.8 Å². The third-order valence-corrected chi connectivity index (χ3v) is 13.4. The Hall–Kier alpha value is -7.29. The zero-order chi connectivity index (χ0) is 48.2. The molecule has 3 saturated heterocycles. The highest BCUT2D eigenvalue weighted by Gasteiger charge is 2.67. The van der Waals surface area contributed by atoms with Gasteiger partial charge >= 0.3 is 24.1 Å². The van der Waals surface area contributed by atoms with Crippen molar-refractivity contribution in [2.24, 2.45) is 11.0 Å². The summed E-state index contributed by atoms with van der Waals surface area (Å²) in [6.45, 7) is 6.39. The molecule has 3 aliphatic heterocycles. The number of β-lactam (4-membered cyclic amide) rings is 1. The largest absolute Gasteiger partial charge is 0.450 e. The van der Waals surface area contributed by atoms with Crippen molar-refractivity contribution in [1.82, 2.24) is 25.1 Å². The van der Waals surface area contributed by atoms with Gasteiger partial charge in [0.2, 0.25) is 16.9 Å². The molecule has 1 aromatic heterocycles. The highest BCUT2D eigenvalue weighted by molar-refractivity contribution is 8.02. The van der Waals surface area contributed by atoms with Crippen molar-refractivity contribution in [3.63, 3.8) is 0 Å². The van der Waals surface area contributed by atoms with E-state index in [9.17, 15) is 28.8 Å². The number of oxime groups is 1. The van der Waals surface area contributed by atoms with Gasteiger partial charge in [-0.05, 0) is 49.9 Å². The number of carbonyl (C=O) groups excluding carboxylic acids is 6. The smallest absolute Gasteiger partial charge is 0.413 e. The lowest BCUT2D eigenvalue weighted by molar-refractivity contribution is -0.160. The lowest BCUT2D eigenvalue weighted by Crippen LogP contribution is -2.68. The predicted molar refractivity (Wildman–Crippen MR) is 251 cm³/mol. The number of aromatic nitrogens is 1. The van der Waals surface area contributed by atoms with Crippen molar-refractivity contribution >= 4 is 69.8 Å². The Morgan fingerprint density at radius 3 is 1.84 bits per heavy atom. The Morgan fingerprint density at radius 1 is 0.809 bits per heavy atom. The number of ether oxygens (including phenoxy) is 3. The number of amides is 5. The highest BCUT2D eigenvalue weighted by Crippen LogP contribution is 2.51. The molecule has 4 aromatic carbocycles. The minimum absolute atomic E-state index is 0.0462. The Morgan fingerprint density at radius 2 is 1.34 bits per heavy atom. The molecule has 0 saturated carbocycles. The van der Waals surface area contributed by atoms with Crippen molar-refractivity contribution in [2.75, 3.05) is 25.0 Å². The molecule has 5 aromatic rings. The van der Waals surface area contributed by atoms with Crippen LogP contribution in [0.4, 0.5) is 14.7 Å². The van der Waals surface area contributed by atoms with Crippen molar-refractivity contribution in [3.05, 3.63) is 155 Å². The molecule has 8 rings (SSSR count). The zero-order valence-electron chi connectivity index (χ0n) is 37.3. The van der Waals surface area contributed by atoms with Gasteiger partial charge in [-0.25, -0.2) is 30.0 Å². The minimum Gasteiger partial charge on any atom is -0.450 e. The van der Waals surface area contributed by atoms with Gasteiger partial charge < -0.3 is 29.3 Å². The van der Waals surface area contributed by atoms with Crippen LogP contribution in [0.2, 0.25) is 0 Å². The number of fused-ring (bicyclic) bond motifs is 1. The Labute approximate surface area is 399 Å². The second kappa shape index (κ2) is 19.9. The van der Waals surface area contributed by atoms with E-state index in [0.29, 0.717) is 22.3 Å². The van der Waals surface area contributed by atoms with E-state index in [0.717, 1.165) is 28.1 Å². The molecule has 4 atom stereocenters. The number of urea groups is 1. The number of nitrogens with one attached hydrogen (secondary N) is 2. The molecule has 5 amide bonds. The van der Waals surface area contributed by atoms with Crippen LogP contribution in [0.25, 0.3) is 0 Å². The Kier molecular flexibility index (Phi) is 13.8. The zero-order valence-corrected chi connectivity index (χ0v) is 39.0.